The Balaban J connectivity index is 2.07. The van der Waals surface area contributed by atoms with Gasteiger partial charge in [0.15, 0.2) is 0 Å². The molecule has 0 radical (unpaired) electrons. The highest BCUT2D eigenvalue weighted by Crippen LogP contribution is 2.26. The molecular formula is C12H8BrCl2NO. The summed E-state index contributed by atoms with van der Waals surface area (Å²) in [5, 5.41) is 1.25. The van der Waals surface area contributed by atoms with Gasteiger partial charge < -0.3 is 4.74 Å². The number of halogens is 3. The van der Waals surface area contributed by atoms with Gasteiger partial charge in [0.1, 0.15) is 6.61 Å². The third kappa shape index (κ3) is 3.60. The van der Waals surface area contributed by atoms with Gasteiger partial charge in [0.2, 0.25) is 5.88 Å². The Kier molecular flexibility index (Phi) is 4.26. The molecule has 0 aliphatic heterocycles. The monoisotopic (exact) mass is 331 g/mol. The Bertz CT molecular complexity index is 534. The normalized spacial score (nSPS) is 10.3. The molecule has 0 aliphatic rings. The molecule has 0 saturated carbocycles. The minimum atomic E-state index is 0.411. The van der Waals surface area contributed by atoms with Crippen LogP contribution in [0.4, 0.5) is 0 Å². The maximum atomic E-state index is 5.88. The van der Waals surface area contributed by atoms with E-state index in [4.69, 9.17) is 27.9 Å². The molecule has 1 heterocycles. The summed E-state index contributed by atoms with van der Waals surface area (Å²) in [5.74, 6) is 0.509. The first-order valence-corrected chi connectivity index (χ1v) is 6.38. The van der Waals surface area contributed by atoms with E-state index in [2.05, 4.69) is 20.9 Å². The van der Waals surface area contributed by atoms with Crippen molar-refractivity contribution >= 4 is 39.1 Å². The summed E-state index contributed by atoms with van der Waals surface area (Å²) in [4.78, 5) is 4.08. The largest absolute Gasteiger partial charge is 0.472 e. The van der Waals surface area contributed by atoms with Crippen molar-refractivity contribution in [2.45, 2.75) is 6.61 Å². The molecular weight excluding hydrogens is 325 g/mol. The van der Waals surface area contributed by atoms with Crippen molar-refractivity contribution in [3.63, 3.8) is 0 Å². The molecule has 0 N–H and O–H groups in total. The molecule has 0 unspecified atom stereocenters. The minimum absolute atomic E-state index is 0.411. The lowest BCUT2D eigenvalue weighted by atomic mass is 10.2. The van der Waals surface area contributed by atoms with E-state index in [0.29, 0.717) is 22.5 Å². The number of aromatic nitrogens is 1. The van der Waals surface area contributed by atoms with E-state index in [1.54, 1.807) is 12.3 Å². The van der Waals surface area contributed by atoms with Crippen LogP contribution in [0.15, 0.2) is 41.0 Å². The smallest absolute Gasteiger partial charge is 0.228 e. The first kappa shape index (κ1) is 12.7. The van der Waals surface area contributed by atoms with Crippen molar-refractivity contribution in [1.29, 1.82) is 0 Å². The van der Waals surface area contributed by atoms with Crippen LogP contribution in [-0.4, -0.2) is 4.98 Å². The molecule has 17 heavy (non-hydrogen) atoms. The van der Waals surface area contributed by atoms with E-state index in [0.717, 1.165) is 10.0 Å². The molecule has 0 aliphatic carbocycles. The number of benzene rings is 1. The molecule has 1 aromatic carbocycles. The lowest BCUT2D eigenvalue weighted by molar-refractivity contribution is 0.292. The van der Waals surface area contributed by atoms with Gasteiger partial charge in [-0.25, -0.2) is 4.98 Å². The molecule has 0 fully saturated rings. The van der Waals surface area contributed by atoms with Gasteiger partial charge >= 0.3 is 0 Å². The SMILES string of the molecule is Clc1cccc(COc2ncc(Cl)cc2Br)c1. The Hall–Kier alpha value is -0.770. The van der Waals surface area contributed by atoms with Gasteiger partial charge in [-0.2, -0.15) is 0 Å². The number of nitrogens with zero attached hydrogens (tertiary/aromatic N) is 1. The van der Waals surface area contributed by atoms with Crippen LogP contribution in [0.25, 0.3) is 0 Å². The van der Waals surface area contributed by atoms with Crippen molar-refractivity contribution in [2.24, 2.45) is 0 Å². The molecule has 0 saturated heterocycles. The van der Waals surface area contributed by atoms with E-state index in [1.807, 2.05) is 24.3 Å². The summed E-state index contributed by atoms with van der Waals surface area (Å²) in [6, 6.07) is 9.23. The van der Waals surface area contributed by atoms with Gasteiger partial charge in [0, 0.05) is 11.2 Å². The van der Waals surface area contributed by atoms with Crippen LogP contribution in [0.5, 0.6) is 5.88 Å². The fraction of sp³-hybridized carbons (Fsp3) is 0.0833. The number of ether oxygens (including phenoxy) is 1. The quantitative estimate of drug-likeness (QED) is 0.810. The topological polar surface area (TPSA) is 22.1 Å². The van der Waals surface area contributed by atoms with Crippen molar-refractivity contribution in [2.75, 3.05) is 0 Å². The number of hydrogen-bond acceptors (Lipinski definition) is 2. The molecule has 5 heteroatoms. The first-order chi connectivity index (χ1) is 8.15. The molecule has 2 aromatic rings. The second kappa shape index (κ2) is 5.71. The molecule has 2 rings (SSSR count). The Morgan fingerprint density at radius 3 is 2.71 bits per heavy atom. The van der Waals surface area contributed by atoms with Crippen LogP contribution in [0.3, 0.4) is 0 Å². The maximum Gasteiger partial charge on any atom is 0.228 e. The lowest BCUT2D eigenvalue weighted by Gasteiger charge is -2.07. The van der Waals surface area contributed by atoms with Gasteiger partial charge in [-0.3, -0.25) is 0 Å². The summed E-state index contributed by atoms with van der Waals surface area (Å²) in [7, 11) is 0. The van der Waals surface area contributed by atoms with Crippen LogP contribution in [-0.2, 0) is 6.61 Å². The Labute approximate surface area is 118 Å². The number of rotatable bonds is 3. The van der Waals surface area contributed by atoms with Crippen LogP contribution in [0.1, 0.15) is 5.56 Å². The third-order valence-electron chi connectivity index (χ3n) is 2.04. The van der Waals surface area contributed by atoms with Crippen molar-refractivity contribution < 1.29 is 4.74 Å². The predicted octanol–water partition coefficient (Wildman–Crippen LogP) is 4.73. The highest BCUT2D eigenvalue weighted by atomic mass is 79.9. The van der Waals surface area contributed by atoms with Gasteiger partial charge in [-0.05, 0) is 39.7 Å². The molecule has 2 nitrogen and oxygen atoms in total. The summed E-state index contributed by atoms with van der Waals surface area (Å²) in [6.07, 6.45) is 1.54. The Morgan fingerprint density at radius 1 is 1.18 bits per heavy atom. The molecule has 0 amide bonds. The van der Waals surface area contributed by atoms with Gasteiger partial charge in [0.05, 0.1) is 9.50 Å². The third-order valence-corrected chi connectivity index (χ3v) is 3.05. The molecule has 1 aromatic heterocycles. The van der Waals surface area contributed by atoms with Gasteiger partial charge in [0.25, 0.3) is 0 Å². The first-order valence-electron chi connectivity index (χ1n) is 4.83. The van der Waals surface area contributed by atoms with Crippen molar-refractivity contribution in [1.82, 2.24) is 4.98 Å². The number of pyridine rings is 1. The average molecular weight is 333 g/mol. The van der Waals surface area contributed by atoms with E-state index in [9.17, 15) is 0 Å². The van der Waals surface area contributed by atoms with Crippen molar-refractivity contribution in [3.05, 3.63) is 56.6 Å². The van der Waals surface area contributed by atoms with Crippen molar-refractivity contribution in [3.8, 4) is 5.88 Å². The predicted molar refractivity (Wildman–Crippen MR) is 72.7 cm³/mol. The lowest BCUT2D eigenvalue weighted by Crippen LogP contribution is -1.97. The van der Waals surface area contributed by atoms with Crippen LogP contribution >= 0.6 is 39.1 Å². The molecule has 0 spiro atoms. The van der Waals surface area contributed by atoms with E-state index in [-0.39, 0.29) is 0 Å². The standard InChI is InChI=1S/C12H8BrCl2NO/c13-11-5-10(15)6-16-12(11)17-7-8-2-1-3-9(14)4-8/h1-6H,7H2. The summed E-state index contributed by atoms with van der Waals surface area (Å²) in [6.45, 7) is 0.411. The van der Waals surface area contributed by atoms with Crippen LogP contribution in [0, 0.1) is 0 Å². The maximum absolute atomic E-state index is 5.88. The zero-order chi connectivity index (χ0) is 12.3. The van der Waals surface area contributed by atoms with E-state index >= 15 is 0 Å². The van der Waals surface area contributed by atoms with Crippen LogP contribution < -0.4 is 4.74 Å². The number of hydrogen-bond donors (Lipinski definition) is 0. The van der Waals surface area contributed by atoms with E-state index in [1.165, 1.54) is 0 Å². The van der Waals surface area contributed by atoms with Gasteiger partial charge in [-0.15, -0.1) is 0 Å². The zero-order valence-corrected chi connectivity index (χ0v) is 11.8. The molecule has 0 atom stereocenters. The molecule has 0 bridgehead atoms. The average Bonchev–Trinajstić information content (AvgIpc) is 2.28. The summed E-state index contributed by atoms with van der Waals surface area (Å²) < 4.78 is 6.29. The zero-order valence-electron chi connectivity index (χ0n) is 8.66. The Morgan fingerprint density at radius 2 is 2.00 bits per heavy atom. The second-order valence-corrected chi connectivity index (χ2v) is 5.09. The summed E-state index contributed by atoms with van der Waals surface area (Å²) >= 11 is 15.0. The second-order valence-electron chi connectivity index (χ2n) is 3.36. The molecule has 88 valence electrons. The summed E-state index contributed by atoms with van der Waals surface area (Å²) in [5.41, 5.74) is 0.987. The fourth-order valence-electron chi connectivity index (χ4n) is 1.29. The highest BCUT2D eigenvalue weighted by Gasteiger charge is 2.04. The van der Waals surface area contributed by atoms with Crippen LogP contribution in [0.2, 0.25) is 10.0 Å². The fourth-order valence-corrected chi connectivity index (χ4v) is 2.25. The minimum Gasteiger partial charge on any atom is -0.472 e. The highest BCUT2D eigenvalue weighted by molar-refractivity contribution is 9.10. The van der Waals surface area contributed by atoms with Gasteiger partial charge in [-0.1, -0.05) is 35.3 Å². The van der Waals surface area contributed by atoms with E-state index < -0.39 is 0 Å².